The van der Waals surface area contributed by atoms with Crippen molar-refractivity contribution in [1.82, 2.24) is 0 Å². The van der Waals surface area contributed by atoms with Crippen molar-refractivity contribution in [2.45, 2.75) is 90.9 Å². The first-order valence-corrected chi connectivity index (χ1v) is 8.92. The van der Waals surface area contributed by atoms with Gasteiger partial charge in [-0.1, -0.05) is 70.9 Å². The molecule has 0 saturated heterocycles. The summed E-state index contributed by atoms with van der Waals surface area (Å²) < 4.78 is 4.65. The fourth-order valence-corrected chi connectivity index (χ4v) is 2.50. The molecule has 0 aliphatic rings. The van der Waals surface area contributed by atoms with Gasteiger partial charge in [-0.05, 0) is 31.6 Å². The predicted octanol–water partition coefficient (Wildman–Crippen LogP) is 6.05. The number of ether oxygens (including phenoxy) is 1. The number of carbonyl (C=O) groups excluding carboxylic acids is 1. The zero-order valence-electron chi connectivity index (χ0n) is 14.5. The van der Waals surface area contributed by atoms with Gasteiger partial charge in [-0.3, -0.25) is 4.79 Å². The highest BCUT2D eigenvalue weighted by atomic mass is 16.5. The summed E-state index contributed by atoms with van der Waals surface area (Å²) in [6.07, 6.45) is 19.1. The smallest absolute Gasteiger partial charge is 0.305 e. The average Bonchev–Trinajstić information content (AvgIpc) is 2.49. The van der Waals surface area contributed by atoms with Crippen LogP contribution in [0, 0.1) is 5.92 Å². The van der Waals surface area contributed by atoms with Crippen molar-refractivity contribution in [2.75, 3.05) is 7.11 Å². The van der Waals surface area contributed by atoms with E-state index in [0.29, 0.717) is 6.42 Å². The number of unbranched alkanes of at least 4 members (excludes halogenated alkanes) is 6. The third kappa shape index (κ3) is 15.4. The van der Waals surface area contributed by atoms with Gasteiger partial charge in [0.25, 0.3) is 0 Å². The largest absolute Gasteiger partial charge is 0.469 e. The van der Waals surface area contributed by atoms with E-state index in [9.17, 15) is 4.79 Å². The molecule has 2 heteroatoms. The second-order valence-electron chi connectivity index (χ2n) is 6.18. The van der Waals surface area contributed by atoms with Gasteiger partial charge >= 0.3 is 5.97 Å². The Morgan fingerprint density at radius 2 is 1.57 bits per heavy atom. The normalized spacial score (nSPS) is 12.7. The number of hydrogen-bond acceptors (Lipinski definition) is 2. The van der Waals surface area contributed by atoms with E-state index < -0.39 is 0 Å². The Balaban J connectivity index is 3.28. The van der Waals surface area contributed by atoms with Gasteiger partial charge in [0.1, 0.15) is 0 Å². The molecule has 0 bridgehead atoms. The Bertz CT molecular complexity index is 258. The highest BCUT2D eigenvalue weighted by molar-refractivity contribution is 5.68. The van der Waals surface area contributed by atoms with Crippen molar-refractivity contribution in [2.24, 2.45) is 5.92 Å². The molecule has 21 heavy (non-hydrogen) atoms. The van der Waals surface area contributed by atoms with Crippen LogP contribution in [-0.4, -0.2) is 13.1 Å². The van der Waals surface area contributed by atoms with Crippen LogP contribution in [0.3, 0.4) is 0 Å². The summed E-state index contributed by atoms with van der Waals surface area (Å²) in [5, 5.41) is 0. The highest BCUT2D eigenvalue weighted by Gasteiger charge is 2.04. The fraction of sp³-hybridized carbons (Fsp3) is 0.842. The first kappa shape index (κ1) is 20.2. The van der Waals surface area contributed by atoms with Crippen LogP contribution in [0.25, 0.3) is 0 Å². The standard InChI is InChI=1S/C19H36O2/c1-4-5-6-7-8-9-10-11-12-15-18(2)16-13-14-17-19(20)21-3/h7-8,18H,4-6,9-17H2,1-3H3/b8-7-. The Labute approximate surface area is 132 Å². The molecule has 0 aromatic rings. The molecule has 124 valence electrons. The van der Waals surface area contributed by atoms with Crippen molar-refractivity contribution in [3.8, 4) is 0 Å². The van der Waals surface area contributed by atoms with Gasteiger partial charge in [-0.25, -0.2) is 0 Å². The summed E-state index contributed by atoms with van der Waals surface area (Å²) in [5.41, 5.74) is 0. The molecule has 0 aliphatic carbocycles. The molecule has 0 fully saturated rings. The second-order valence-corrected chi connectivity index (χ2v) is 6.18. The fourth-order valence-electron chi connectivity index (χ4n) is 2.50. The van der Waals surface area contributed by atoms with Crippen LogP contribution >= 0.6 is 0 Å². The topological polar surface area (TPSA) is 26.3 Å². The maximum absolute atomic E-state index is 11.0. The Morgan fingerprint density at radius 3 is 2.19 bits per heavy atom. The molecule has 0 aliphatic heterocycles. The van der Waals surface area contributed by atoms with Gasteiger partial charge < -0.3 is 4.74 Å². The molecular weight excluding hydrogens is 260 g/mol. The maximum atomic E-state index is 11.0. The molecule has 0 heterocycles. The third-order valence-electron chi connectivity index (χ3n) is 4.01. The molecule has 0 rings (SSSR count). The summed E-state index contributed by atoms with van der Waals surface area (Å²) in [4.78, 5) is 11.0. The summed E-state index contributed by atoms with van der Waals surface area (Å²) in [7, 11) is 1.46. The van der Waals surface area contributed by atoms with E-state index in [4.69, 9.17) is 0 Å². The molecule has 1 atom stereocenters. The van der Waals surface area contributed by atoms with E-state index in [0.717, 1.165) is 18.8 Å². The molecule has 0 saturated carbocycles. The van der Waals surface area contributed by atoms with E-state index in [2.05, 4.69) is 30.7 Å². The van der Waals surface area contributed by atoms with Gasteiger partial charge in [0, 0.05) is 6.42 Å². The van der Waals surface area contributed by atoms with Crippen molar-refractivity contribution in [1.29, 1.82) is 0 Å². The lowest BCUT2D eigenvalue weighted by Gasteiger charge is -2.10. The molecule has 0 aromatic carbocycles. The lowest BCUT2D eigenvalue weighted by atomic mass is 9.96. The molecule has 0 spiro atoms. The van der Waals surface area contributed by atoms with E-state index in [1.54, 1.807) is 0 Å². The average molecular weight is 296 g/mol. The van der Waals surface area contributed by atoms with Gasteiger partial charge in [-0.2, -0.15) is 0 Å². The van der Waals surface area contributed by atoms with E-state index in [1.807, 2.05) is 0 Å². The molecule has 0 aromatic heterocycles. The van der Waals surface area contributed by atoms with Crippen LogP contribution in [0.15, 0.2) is 12.2 Å². The summed E-state index contributed by atoms with van der Waals surface area (Å²) in [6.45, 7) is 4.58. The third-order valence-corrected chi connectivity index (χ3v) is 4.01. The number of esters is 1. The maximum Gasteiger partial charge on any atom is 0.305 e. The van der Waals surface area contributed by atoms with Gasteiger partial charge in [0.2, 0.25) is 0 Å². The number of hydrogen-bond donors (Lipinski definition) is 0. The molecule has 0 amide bonds. The zero-order valence-corrected chi connectivity index (χ0v) is 14.5. The minimum absolute atomic E-state index is 0.0744. The Morgan fingerprint density at radius 1 is 0.952 bits per heavy atom. The zero-order chi connectivity index (χ0) is 15.8. The summed E-state index contributed by atoms with van der Waals surface area (Å²) >= 11 is 0. The summed E-state index contributed by atoms with van der Waals surface area (Å²) in [5.74, 6) is 0.720. The number of carbonyl (C=O) groups is 1. The van der Waals surface area contributed by atoms with E-state index in [1.165, 1.54) is 64.9 Å². The molecular formula is C19H36O2. The molecule has 0 N–H and O–H groups in total. The molecule has 2 nitrogen and oxygen atoms in total. The van der Waals surface area contributed by atoms with Gasteiger partial charge in [0.05, 0.1) is 7.11 Å². The van der Waals surface area contributed by atoms with Crippen LogP contribution in [-0.2, 0) is 9.53 Å². The van der Waals surface area contributed by atoms with Crippen molar-refractivity contribution >= 4 is 5.97 Å². The lowest BCUT2D eigenvalue weighted by Crippen LogP contribution is -2.00. The van der Waals surface area contributed by atoms with Crippen molar-refractivity contribution in [3.05, 3.63) is 12.2 Å². The van der Waals surface area contributed by atoms with E-state index >= 15 is 0 Å². The van der Waals surface area contributed by atoms with Crippen molar-refractivity contribution < 1.29 is 9.53 Å². The van der Waals surface area contributed by atoms with Crippen LogP contribution in [0.4, 0.5) is 0 Å². The number of allylic oxidation sites excluding steroid dienone is 2. The minimum Gasteiger partial charge on any atom is -0.469 e. The second kappa shape index (κ2) is 15.6. The first-order chi connectivity index (χ1) is 10.2. The van der Waals surface area contributed by atoms with Gasteiger partial charge in [0.15, 0.2) is 0 Å². The SMILES string of the molecule is CCCC/C=C\CCCCCC(C)CCCCC(=O)OC. The number of methoxy groups -OCH3 is 1. The van der Waals surface area contributed by atoms with Crippen LogP contribution in [0.1, 0.15) is 90.9 Å². The van der Waals surface area contributed by atoms with E-state index in [-0.39, 0.29) is 5.97 Å². The monoisotopic (exact) mass is 296 g/mol. The first-order valence-electron chi connectivity index (χ1n) is 8.92. The highest BCUT2D eigenvalue weighted by Crippen LogP contribution is 2.17. The molecule has 0 radical (unpaired) electrons. The van der Waals surface area contributed by atoms with Crippen molar-refractivity contribution in [3.63, 3.8) is 0 Å². The Kier molecular flexibility index (Phi) is 15.0. The molecule has 1 unspecified atom stereocenters. The number of rotatable bonds is 14. The van der Waals surface area contributed by atoms with Crippen LogP contribution in [0.2, 0.25) is 0 Å². The predicted molar refractivity (Wildman–Crippen MR) is 91.4 cm³/mol. The lowest BCUT2D eigenvalue weighted by molar-refractivity contribution is -0.140. The summed E-state index contributed by atoms with van der Waals surface area (Å²) in [6, 6.07) is 0. The van der Waals surface area contributed by atoms with Gasteiger partial charge in [-0.15, -0.1) is 0 Å². The minimum atomic E-state index is -0.0744. The Hall–Kier alpha value is -0.790. The quantitative estimate of drug-likeness (QED) is 0.221. The van der Waals surface area contributed by atoms with Crippen LogP contribution < -0.4 is 0 Å². The van der Waals surface area contributed by atoms with Crippen LogP contribution in [0.5, 0.6) is 0 Å².